The van der Waals surface area contributed by atoms with Crippen molar-refractivity contribution in [1.29, 1.82) is 0 Å². The van der Waals surface area contributed by atoms with Gasteiger partial charge >= 0.3 is 5.63 Å². The zero-order chi connectivity index (χ0) is 19.0. The SMILES string of the molecule is O=C(c1cc(S(=O)(=O)Nc2ccc3oc(=O)ccc3c2)c[nH]1)N1CCCC1. The van der Waals surface area contributed by atoms with Crippen LogP contribution in [0, 0.1) is 0 Å². The molecule has 8 nitrogen and oxygen atoms in total. The number of benzene rings is 1. The Morgan fingerprint density at radius 2 is 1.89 bits per heavy atom. The van der Waals surface area contributed by atoms with Gasteiger partial charge in [0.05, 0.1) is 0 Å². The first-order valence-corrected chi connectivity index (χ1v) is 9.95. The minimum absolute atomic E-state index is 0.0234. The van der Waals surface area contributed by atoms with Crippen molar-refractivity contribution in [3.05, 3.63) is 58.7 Å². The molecule has 0 radical (unpaired) electrons. The summed E-state index contributed by atoms with van der Waals surface area (Å²) in [7, 11) is -3.87. The Morgan fingerprint density at radius 3 is 2.67 bits per heavy atom. The average molecular weight is 387 g/mol. The van der Waals surface area contributed by atoms with E-state index in [0.717, 1.165) is 12.8 Å². The van der Waals surface area contributed by atoms with Crippen LogP contribution in [0.15, 0.2) is 56.7 Å². The van der Waals surface area contributed by atoms with Crippen molar-refractivity contribution in [2.45, 2.75) is 17.7 Å². The van der Waals surface area contributed by atoms with Gasteiger partial charge in [-0.1, -0.05) is 0 Å². The summed E-state index contributed by atoms with van der Waals surface area (Å²) in [5.41, 5.74) is 0.464. The van der Waals surface area contributed by atoms with E-state index < -0.39 is 15.6 Å². The summed E-state index contributed by atoms with van der Waals surface area (Å²) in [6, 6.07) is 8.76. The van der Waals surface area contributed by atoms with Crippen molar-refractivity contribution in [2.75, 3.05) is 17.8 Å². The van der Waals surface area contributed by atoms with Gasteiger partial charge in [0.2, 0.25) is 0 Å². The maximum Gasteiger partial charge on any atom is 0.336 e. The Kier molecular flexibility index (Phi) is 4.23. The van der Waals surface area contributed by atoms with Crippen LogP contribution in [0.25, 0.3) is 11.0 Å². The predicted octanol–water partition coefficient (Wildman–Crippen LogP) is 2.16. The molecule has 1 aliphatic rings. The summed E-state index contributed by atoms with van der Waals surface area (Å²) in [5, 5.41) is 0.591. The van der Waals surface area contributed by atoms with Gasteiger partial charge in [-0.05, 0) is 43.2 Å². The van der Waals surface area contributed by atoms with Crippen LogP contribution in [0.3, 0.4) is 0 Å². The van der Waals surface area contributed by atoms with E-state index in [-0.39, 0.29) is 16.5 Å². The number of aromatic amines is 1. The standard InChI is InChI=1S/C18H17N3O5S/c22-17-6-3-12-9-13(4-5-16(12)26-17)20-27(24,25)14-10-15(19-11-14)18(23)21-7-1-2-8-21/h3-6,9-11,19-20H,1-2,7-8H2. The van der Waals surface area contributed by atoms with E-state index in [4.69, 9.17) is 4.42 Å². The number of fused-ring (bicyclic) bond motifs is 1. The molecular formula is C18H17N3O5S. The largest absolute Gasteiger partial charge is 0.423 e. The number of hydrogen-bond acceptors (Lipinski definition) is 5. The topological polar surface area (TPSA) is 112 Å². The number of carbonyl (C=O) groups is 1. The minimum Gasteiger partial charge on any atom is -0.423 e. The van der Waals surface area contributed by atoms with Gasteiger partial charge in [0.25, 0.3) is 15.9 Å². The van der Waals surface area contributed by atoms with Crippen LogP contribution in [0.4, 0.5) is 5.69 Å². The number of amides is 1. The van der Waals surface area contributed by atoms with E-state index in [1.54, 1.807) is 17.0 Å². The highest BCUT2D eigenvalue weighted by atomic mass is 32.2. The molecule has 0 spiro atoms. The minimum atomic E-state index is -3.87. The molecule has 4 rings (SSSR count). The molecule has 1 fully saturated rings. The van der Waals surface area contributed by atoms with Crippen LogP contribution < -0.4 is 10.3 Å². The van der Waals surface area contributed by atoms with E-state index in [0.29, 0.717) is 29.7 Å². The number of nitrogens with zero attached hydrogens (tertiary/aromatic N) is 1. The summed E-state index contributed by atoms with van der Waals surface area (Å²) in [6.45, 7) is 1.37. The van der Waals surface area contributed by atoms with Gasteiger partial charge in [0.1, 0.15) is 16.2 Å². The number of hydrogen-bond donors (Lipinski definition) is 2. The quantitative estimate of drug-likeness (QED) is 0.666. The van der Waals surface area contributed by atoms with Gasteiger partial charge in [-0.15, -0.1) is 0 Å². The number of H-pyrrole nitrogens is 1. The Bertz CT molecular complexity index is 1170. The second-order valence-corrected chi connectivity index (χ2v) is 8.04. The smallest absolute Gasteiger partial charge is 0.336 e. The molecule has 1 aliphatic heterocycles. The zero-order valence-corrected chi connectivity index (χ0v) is 15.1. The molecular weight excluding hydrogens is 370 g/mol. The fraction of sp³-hybridized carbons (Fsp3) is 0.222. The van der Waals surface area contributed by atoms with Crippen LogP contribution in [-0.2, 0) is 10.0 Å². The number of anilines is 1. The highest BCUT2D eigenvalue weighted by Crippen LogP contribution is 2.22. The fourth-order valence-corrected chi connectivity index (χ4v) is 4.14. The van der Waals surface area contributed by atoms with Gasteiger partial charge < -0.3 is 14.3 Å². The van der Waals surface area contributed by atoms with Crippen molar-refractivity contribution in [2.24, 2.45) is 0 Å². The third kappa shape index (κ3) is 3.45. The summed E-state index contributed by atoms with van der Waals surface area (Å²) >= 11 is 0. The lowest BCUT2D eigenvalue weighted by atomic mass is 10.2. The Hall–Kier alpha value is -3.07. The third-order valence-corrected chi connectivity index (χ3v) is 5.82. The molecule has 1 aromatic carbocycles. The molecule has 0 atom stereocenters. The lowest BCUT2D eigenvalue weighted by Crippen LogP contribution is -2.27. The summed E-state index contributed by atoms with van der Waals surface area (Å²) in [5.74, 6) is -0.199. The van der Waals surface area contributed by atoms with E-state index >= 15 is 0 Å². The molecule has 3 heterocycles. The summed E-state index contributed by atoms with van der Waals surface area (Å²) in [4.78, 5) is 28.0. The Balaban J connectivity index is 1.57. The normalized spacial score (nSPS) is 14.6. The maximum absolute atomic E-state index is 12.6. The van der Waals surface area contributed by atoms with E-state index in [2.05, 4.69) is 9.71 Å². The highest BCUT2D eigenvalue weighted by molar-refractivity contribution is 7.92. The molecule has 0 bridgehead atoms. The van der Waals surface area contributed by atoms with Crippen molar-refractivity contribution < 1.29 is 17.6 Å². The van der Waals surface area contributed by atoms with Crippen LogP contribution in [0.1, 0.15) is 23.3 Å². The average Bonchev–Trinajstić information content (AvgIpc) is 3.33. The van der Waals surface area contributed by atoms with Crippen LogP contribution in [-0.4, -0.2) is 37.3 Å². The van der Waals surface area contributed by atoms with Crippen molar-refractivity contribution in [3.63, 3.8) is 0 Å². The molecule has 3 aromatic rings. The summed E-state index contributed by atoms with van der Waals surface area (Å²) < 4.78 is 32.7. The molecule has 140 valence electrons. The molecule has 0 saturated carbocycles. The zero-order valence-electron chi connectivity index (χ0n) is 14.3. The molecule has 2 aromatic heterocycles. The molecule has 0 aliphatic carbocycles. The Labute approximate surface area is 154 Å². The van der Waals surface area contributed by atoms with Crippen LogP contribution >= 0.6 is 0 Å². The van der Waals surface area contributed by atoms with E-state index in [1.807, 2.05) is 0 Å². The second-order valence-electron chi connectivity index (χ2n) is 6.36. The molecule has 27 heavy (non-hydrogen) atoms. The van der Waals surface area contributed by atoms with E-state index in [9.17, 15) is 18.0 Å². The highest BCUT2D eigenvalue weighted by Gasteiger charge is 2.23. The van der Waals surface area contributed by atoms with Crippen molar-refractivity contribution >= 4 is 32.6 Å². The number of nitrogens with one attached hydrogen (secondary N) is 2. The lowest BCUT2D eigenvalue weighted by molar-refractivity contribution is 0.0787. The van der Waals surface area contributed by atoms with Crippen LogP contribution in [0.5, 0.6) is 0 Å². The van der Waals surface area contributed by atoms with Gasteiger partial charge in [-0.2, -0.15) is 0 Å². The maximum atomic E-state index is 12.6. The molecule has 0 unspecified atom stereocenters. The van der Waals surface area contributed by atoms with Gasteiger partial charge in [-0.25, -0.2) is 13.2 Å². The molecule has 9 heteroatoms. The number of likely N-dealkylation sites (tertiary alicyclic amines) is 1. The third-order valence-electron chi connectivity index (χ3n) is 4.46. The molecule has 1 amide bonds. The first kappa shape index (κ1) is 17.3. The first-order chi connectivity index (χ1) is 12.9. The predicted molar refractivity (Wildman–Crippen MR) is 99.2 cm³/mol. The lowest BCUT2D eigenvalue weighted by Gasteiger charge is -2.13. The fourth-order valence-electron chi connectivity index (χ4n) is 3.09. The Morgan fingerprint density at radius 1 is 1.11 bits per heavy atom. The number of carbonyl (C=O) groups excluding carboxylic acids is 1. The summed E-state index contributed by atoms with van der Waals surface area (Å²) in [6.07, 6.45) is 3.22. The van der Waals surface area contributed by atoms with E-state index in [1.165, 1.54) is 30.5 Å². The van der Waals surface area contributed by atoms with Crippen molar-refractivity contribution in [3.8, 4) is 0 Å². The number of rotatable bonds is 4. The van der Waals surface area contributed by atoms with Gasteiger partial charge in [0, 0.05) is 36.4 Å². The van der Waals surface area contributed by atoms with Gasteiger partial charge in [0.15, 0.2) is 0 Å². The number of sulfonamides is 1. The molecule has 1 saturated heterocycles. The first-order valence-electron chi connectivity index (χ1n) is 8.47. The van der Waals surface area contributed by atoms with Gasteiger partial charge in [-0.3, -0.25) is 9.52 Å². The van der Waals surface area contributed by atoms with Crippen LogP contribution in [0.2, 0.25) is 0 Å². The second kappa shape index (κ2) is 6.58. The monoisotopic (exact) mass is 387 g/mol. The number of aromatic nitrogens is 1. The molecule has 2 N–H and O–H groups in total. The van der Waals surface area contributed by atoms with Crippen molar-refractivity contribution in [1.82, 2.24) is 9.88 Å².